The van der Waals surface area contributed by atoms with Crippen LogP contribution in [0.15, 0.2) is 11.6 Å². The van der Waals surface area contributed by atoms with Gasteiger partial charge in [-0.3, -0.25) is 9.59 Å². The molecule has 200 valence electrons. The van der Waals surface area contributed by atoms with Crippen LogP contribution in [0.4, 0.5) is 0 Å². The van der Waals surface area contributed by atoms with Crippen LogP contribution in [0.1, 0.15) is 92.9 Å². The molecule has 0 radical (unpaired) electrons. The van der Waals surface area contributed by atoms with Crippen molar-refractivity contribution < 1.29 is 29.7 Å². The Labute approximate surface area is 214 Å². The van der Waals surface area contributed by atoms with Crippen molar-refractivity contribution in [2.24, 2.45) is 50.7 Å². The highest BCUT2D eigenvalue weighted by Crippen LogP contribution is 2.75. The van der Waals surface area contributed by atoms with E-state index in [1.807, 2.05) is 13.8 Å². The summed E-state index contributed by atoms with van der Waals surface area (Å²) in [6, 6.07) is 0. The number of hydrogen-bond donors (Lipinski definition) is 3. The molecule has 5 rings (SSSR count). The van der Waals surface area contributed by atoms with E-state index in [-0.39, 0.29) is 17.6 Å². The lowest BCUT2D eigenvalue weighted by Crippen LogP contribution is -2.69. The van der Waals surface area contributed by atoms with E-state index in [0.717, 1.165) is 11.9 Å². The van der Waals surface area contributed by atoms with Crippen molar-refractivity contribution in [3.63, 3.8) is 0 Å². The molecular weight excluding hydrogens is 456 g/mol. The van der Waals surface area contributed by atoms with Crippen LogP contribution in [0.2, 0.25) is 0 Å². The lowest BCUT2D eigenvalue weighted by Gasteiger charge is -2.70. The Balaban J connectivity index is 1.68. The zero-order valence-corrected chi connectivity index (χ0v) is 22.8. The number of allylic oxidation sites excluding steroid dienone is 1. The van der Waals surface area contributed by atoms with E-state index in [1.165, 1.54) is 0 Å². The van der Waals surface area contributed by atoms with Gasteiger partial charge in [-0.2, -0.15) is 0 Å². The summed E-state index contributed by atoms with van der Waals surface area (Å²) >= 11 is 0. The minimum atomic E-state index is -1.15. The second-order valence-electron chi connectivity index (χ2n) is 14.4. The van der Waals surface area contributed by atoms with E-state index in [4.69, 9.17) is 0 Å². The molecule has 4 fully saturated rings. The van der Waals surface area contributed by atoms with E-state index < -0.39 is 56.6 Å². The molecule has 0 aromatic carbocycles. The number of carboxylic acid groups (broad SMARTS) is 1. The summed E-state index contributed by atoms with van der Waals surface area (Å²) in [6.07, 6.45) is 6.81. The summed E-state index contributed by atoms with van der Waals surface area (Å²) < 4.78 is 0. The lowest BCUT2D eigenvalue weighted by molar-refractivity contribution is -0.213. The van der Waals surface area contributed by atoms with E-state index in [0.29, 0.717) is 51.4 Å². The molecular formula is C30H44O6. The third-order valence-corrected chi connectivity index (χ3v) is 13.1. The van der Waals surface area contributed by atoms with Gasteiger partial charge in [0.1, 0.15) is 12.1 Å². The Bertz CT molecular complexity index is 1050. The van der Waals surface area contributed by atoms with Crippen molar-refractivity contribution >= 4 is 18.0 Å². The highest BCUT2D eigenvalue weighted by atomic mass is 16.4. The number of carboxylic acids is 1. The van der Waals surface area contributed by atoms with Gasteiger partial charge in [-0.1, -0.05) is 39.3 Å². The van der Waals surface area contributed by atoms with Crippen molar-refractivity contribution in [2.75, 3.05) is 0 Å². The van der Waals surface area contributed by atoms with Crippen molar-refractivity contribution in [2.45, 2.75) is 105 Å². The number of Topliss-reactive ketones (excluding diaryl/α,β-unsaturated/α-hetero) is 1. The molecule has 36 heavy (non-hydrogen) atoms. The number of aldehydes is 1. The van der Waals surface area contributed by atoms with Crippen LogP contribution < -0.4 is 0 Å². The maximum Gasteiger partial charge on any atom is 0.310 e. The summed E-state index contributed by atoms with van der Waals surface area (Å²) in [5, 5.41) is 33.2. The Morgan fingerprint density at radius 1 is 1.03 bits per heavy atom. The van der Waals surface area contributed by atoms with E-state index >= 15 is 0 Å². The SMILES string of the molecule is C[C@@H]1CC[C@]2(C(=O)O)CC[C@]3(C)C(=CC[C@@H]4[C@@]5(C)CCC(O)C(C)(C=O)C5C(=O)C[C@]43C)[C@@H]2[C@]1(C)O. The molecule has 0 aromatic heterocycles. The van der Waals surface area contributed by atoms with E-state index in [2.05, 4.69) is 26.8 Å². The van der Waals surface area contributed by atoms with Crippen LogP contribution >= 0.6 is 0 Å². The van der Waals surface area contributed by atoms with Gasteiger partial charge in [0.05, 0.1) is 22.5 Å². The van der Waals surface area contributed by atoms with Gasteiger partial charge in [-0.15, -0.1) is 0 Å². The average molecular weight is 501 g/mol. The van der Waals surface area contributed by atoms with Crippen LogP contribution in [0, 0.1) is 50.7 Å². The number of carbonyl (C=O) groups is 3. The molecule has 3 unspecified atom stereocenters. The van der Waals surface area contributed by atoms with Crippen LogP contribution in [-0.2, 0) is 14.4 Å². The molecule has 6 nitrogen and oxygen atoms in total. The monoisotopic (exact) mass is 500 g/mol. The first-order valence-electron chi connectivity index (χ1n) is 13.9. The Kier molecular flexibility index (Phi) is 5.46. The van der Waals surface area contributed by atoms with Crippen LogP contribution in [0.25, 0.3) is 0 Å². The Hall–Kier alpha value is -1.53. The molecule has 0 amide bonds. The van der Waals surface area contributed by atoms with Gasteiger partial charge in [-0.05, 0) is 86.9 Å². The van der Waals surface area contributed by atoms with Gasteiger partial charge in [0.15, 0.2) is 0 Å². The molecule has 5 aliphatic carbocycles. The highest BCUT2D eigenvalue weighted by Gasteiger charge is 2.73. The predicted molar refractivity (Wildman–Crippen MR) is 135 cm³/mol. The van der Waals surface area contributed by atoms with Crippen LogP contribution in [0.3, 0.4) is 0 Å². The summed E-state index contributed by atoms with van der Waals surface area (Å²) in [4.78, 5) is 39.2. The van der Waals surface area contributed by atoms with E-state index in [1.54, 1.807) is 6.92 Å². The van der Waals surface area contributed by atoms with E-state index in [9.17, 15) is 29.7 Å². The standard InChI is InChI=1S/C30H44O6/c1-17-9-12-30(24(34)35)14-13-27(4)18(22(30)29(17,6)36)7-8-20-25(2)11-10-21(33)26(3,16-31)23(25)19(32)15-28(20,27)5/h7,16-17,20-23,33,36H,8-15H2,1-6H3,(H,34,35)/t17-,20-,21?,22-,23?,25-,26?,27-,28-,29-,30+/m1/s1. The van der Waals surface area contributed by atoms with Crippen molar-refractivity contribution in [1.29, 1.82) is 0 Å². The number of carbonyl (C=O) groups excluding carboxylic acids is 2. The van der Waals surface area contributed by atoms with Gasteiger partial charge in [0, 0.05) is 18.3 Å². The van der Waals surface area contributed by atoms with Crippen LogP contribution in [-0.4, -0.2) is 45.1 Å². The molecule has 4 saturated carbocycles. The minimum Gasteiger partial charge on any atom is -0.481 e. The third-order valence-electron chi connectivity index (χ3n) is 13.1. The second kappa shape index (κ2) is 7.53. The smallest absolute Gasteiger partial charge is 0.310 e. The molecule has 6 heteroatoms. The fourth-order valence-corrected chi connectivity index (χ4v) is 10.6. The number of aliphatic hydroxyl groups is 2. The van der Waals surface area contributed by atoms with Gasteiger partial charge in [0.25, 0.3) is 0 Å². The molecule has 0 saturated heterocycles. The largest absolute Gasteiger partial charge is 0.481 e. The zero-order chi connectivity index (χ0) is 26.7. The number of hydrogen-bond acceptors (Lipinski definition) is 5. The number of ketones is 1. The van der Waals surface area contributed by atoms with Gasteiger partial charge in [-0.25, -0.2) is 0 Å². The second-order valence-corrected chi connectivity index (χ2v) is 14.4. The van der Waals surface area contributed by atoms with Crippen molar-refractivity contribution in [3.05, 3.63) is 11.6 Å². The third kappa shape index (κ3) is 2.78. The first kappa shape index (κ1) is 26.1. The Morgan fingerprint density at radius 2 is 1.69 bits per heavy atom. The maximum absolute atomic E-state index is 14.0. The fourth-order valence-electron chi connectivity index (χ4n) is 10.6. The molecule has 0 bridgehead atoms. The lowest BCUT2D eigenvalue weighted by atomic mass is 9.33. The van der Waals surface area contributed by atoms with Gasteiger partial charge in [0.2, 0.25) is 0 Å². The Morgan fingerprint density at radius 3 is 2.31 bits per heavy atom. The zero-order valence-electron chi connectivity index (χ0n) is 22.8. The molecule has 3 N–H and O–H groups in total. The number of rotatable bonds is 2. The topological polar surface area (TPSA) is 112 Å². The van der Waals surface area contributed by atoms with Crippen molar-refractivity contribution in [1.82, 2.24) is 0 Å². The summed E-state index contributed by atoms with van der Waals surface area (Å²) in [7, 11) is 0. The molecule has 11 atom stereocenters. The first-order chi connectivity index (χ1) is 16.6. The average Bonchev–Trinajstić information content (AvgIpc) is 2.79. The van der Waals surface area contributed by atoms with Crippen LogP contribution in [0.5, 0.6) is 0 Å². The fraction of sp³-hybridized carbons (Fsp3) is 0.833. The first-order valence-corrected chi connectivity index (χ1v) is 13.9. The number of fused-ring (bicyclic) bond motifs is 7. The molecule has 5 aliphatic rings. The van der Waals surface area contributed by atoms with Gasteiger partial charge >= 0.3 is 5.97 Å². The normalized spacial score (nSPS) is 56.4. The molecule has 0 spiro atoms. The summed E-state index contributed by atoms with van der Waals surface area (Å²) in [6.45, 7) is 12.2. The van der Waals surface area contributed by atoms with Gasteiger partial charge < -0.3 is 20.1 Å². The number of aliphatic carboxylic acids is 1. The summed E-state index contributed by atoms with van der Waals surface area (Å²) in [5.74, 6) is -1.68. The van der Waals surface area contributed by atoms with Crippen molar-refractivity contribution in [3.8, 4) is 0 Å². The summed E-state index contributed by atoms with van der Waals surface area (Å²) in [5.41, 5.74) is -3.48. The highest BCUT2D eigenvalue weighted by molar-refractivity contribution is 5.88. The molecule has 0 heterocycles. The minimum absolute atomic E-state index is 0.0215. The molecule has 0 aliphatic heterocycles. The number of aliphatic hydroxyl groups excluding tert-OH is 1. The quantitative estimate of drug-likeness (QED) is 0.378. The maximum atomic E-state index is 14.0. The molecule has 0 aromatic rings. The predicted octanol–water partition coefficient (Wildman–Crippen LogP) is 4.56.